The standard InChI is InChI=1S/C14H17FO3/c1-10(16)11-5-6-14(13(15)8-11)18-9-12-4-2-3-7-17-12/h5-6,8,12H,2-4,7,9H2,1H3/t12-/m1/s1. The molecule has 1 aromatic carbocycles. The Morgan fingerprint density at radius 2 is 2.33 bits per heavy atom. The zero-order valence-electron chi connectivity index (χ0n) is 10.4. The lowest BCUT2D eigenvalue weighted by Crippen LogP contribution is -2.26. The van der Waals surface area contributed by atoms with E-state index in [4.69, 9.17) is 9.47 Å². The summed E-state index contributed by atoms with van der Waals surface area (Å²) in [5, 5.41) is 0. The number of benzene rings is 1. The summed E-state index contributed by atoms with van der Waals surface area (Å²) in [7, 11) is 0. The van der Waals surface area contributed by atoms with Crippen LogP contribution in [-0.2, 0) is 4.74 Å². The van der Waals surface area contributed by atoms with Crippen LogP contribution in [0.5, 0.6) is 5.75 Å². The van der Waals surface area contributed by atoms with Crippen molar-refractivity contribution >= 4 is 5.78 Å². The molecule has 0 aromatic heterocycles. The highest BCUT2D eigenvalue weighted by atomic mass is 19.1. The van der Waals surface area contributed by atoms with Gasteiger partial charge in [0.2, 0.25) is 0 Å². The quantitative estimate of drug-likeness (QED) is 0.773. The molecule has 0 saturated carbocycles. The van der Waals surface area contributed by atoms with Crippen LogP contribution < -0.4 is 4.74 Å². The highest BCUT2D eigenvalue weighted by Crippen LogP contribution is 2.20. The van der Waals surface area contributed by atoms with Gasteiger partial charge in [-0.25, -0.2) is 4.39 Å². The molecular formula is C14H17FO3. The van der Waals surface area contributed by atoms with E-state index in [2.05, 4.69) is 0 Å². The number of carbonyl (C=O) groups excluding carboxylic acids is 1. The number of Topliss-reactive ketones (excluding diaryl/α,β-unsaturated/α-hetero) is 1. The second-order valence-corrected chi connectivity index (χ2v) is 4.50. The molecule has 1 atom stereocenters. The van der Waals surface area contributed by atoms with Gasteiger partial charge < -0.3 is 9.47 Å². The topological polar surface area (TPSA) is 35.5 Å². The third kappa shape index (κ3) is 3.29. The molecule has 0 N–H and O–H groups in total. The monoisotopic (exact) mass is 252 g/mol. The van der Waals surface area contributed by atoms with Crippen molar-refractivity contribution in [2.75, 3.05) is 13.2 Å². The molecule has 1 saturated heterocycles. The fourth-order valence-corrected chi connectivity index (χ4v) is 1.96. The molecule has 1 aliphatic heterocycles. The Morgan fingerprint density at radius 1 is 1.50 bits per heavy atom. The number of rotatable bonds is 4. The number of hydrogen-bond donors (Lipinski definition) is 0. The highest BCUT2D eigenvalue weighted by molar-refractivity contribution is 5.94. The summed E-state index contributed by atoms with van der Waals surface area (Å²) in [5.41, 5.74) is 0.355. The Hall–Kier alpha value is -1.42. The van der Waals surface area contributed by atoms with Gasteiger partial charge in [-0.05, 0) is 44.4 Å². The summed E-state index contributed by atoms with van der Waals surface area (Å²) in [4.78, 5) is 11.1. The number of ketones is 1. The van der Waals surface area contributed by atoms with Crippen molar-refractivity contribution in [3.05, 3.63) is 29.6 Å². The fraction of sp³-hybridized carbons (Fsp3) is 0.500. The van der Waals surface area contributed by atoms with Crippen molar-refractivity contribution in [1.82, 2.24) is 0 Å². The first-order chi connectivity index (χ1) is 8.66. The Morgan fingerprint density at radius 3 is 2.94 bits per heavy atom. The molecule has 1 aliphatic rings. The maximum atomic E-state index is 13.6. The number of carbonyl (C=O) groups is 1. The summed E-state index contributed by atoms with van der Waals surface area (Å²) in [6, 6.07) is 4.27. The summed E-state index contributed by atoms with van der Waals surface area (Å²) in [6.07, 6.45) is 3.20. The van der Waals surface area contributed by atoms with Crippen LogP contribution in [0.25, 0.3) is 0 Å². The van der Waals surface area contributed by atoms with Gasteiger partial charge in [-0.2, -0.15) is 0 Å². The molecule has 18 heavy (non-hydrogen) atoms. The number of hydrogen-bond acceptors (Lipinski definition) is 3. The van der Waals surface area contributed by atoms with Crippen LogP contribution in [0.4, 0.5) is 4.39 Å². The molecule has 0 amide bonds. The van der Waals surface area contributed by atoms with Crippen LogP contribution in [0.15, 0.2) is 18.2 Å². The minimum atomic E-state index is -0.501. The molecule has 1 fully saturated rings. The third-order valence-electron chi connectivity index (χ3n) is 3.04. The van der Waals surface area contributed by atoms with Crippen molar-refractivity contribution in [3.63, 3.8) is 0 Å². The molecule has 4 heteroatoms. The fourth-order valence-electron chi connectivity index (χ4n) is 1.96. The Balaban J connectivity index is 1.94. The lowest BCUT2D eigenvalue weighted by atomic mass is 10.1. The molecule has 3 nitrogen and oxygen atoms in total. The molecule has 1 aromatic rings. The largest absolute Gasteiger partial charge is 0.488 e. The van der Waals surface area contributed by atoms with Crippen LogP contribution in [0.2, 0.25) is 0 Å². The Labute approximate surface area is 106 Å². The van der Waals surface area contributed by atoms with Gasteiger partial charge in [0.1, 0.15) is 6.61 Å². The van der Waals surface area contributed by atoms with Gasteiger partial charge in [-0.1, -0.05) is 0 Å². The van der Waals surface area contributed by atoms with E-state index in [0.717, 1.165) is 25.9 Å². The van der Waals surface area contributed by atoms with Crippen molar-refractivity contribution < 1.29 is 18.7 Å². The molecule has 0 unspecified atom stereocenters. The first-order valence-corrected chi connectivity index (χ1v) is 6.21. The van der Waals surface area contributed by atoms with Gasteiger partial charge in [0, 0.05) is 12.2 Å². The van der Waals surface area contributed by atoms with Crippen molar-refractivity contribution in [2.45, 2.75) is 32.3 Å². The molecule has 0 aliphatic carbocycles. The van der Waals surface area contributed by atoms with Crippen LogP contribution in [0, 0.1) is 5.82 Å². The first-order valence-electron chi connectivity index (χ1n) is 6.21. The Kier molecular flexibility index (Phi) is 4.31. The van der Waals surface area contributed by atoms with E-state index >= 15 is 0 Å². The van der Waals surface area contributed by atoms with E-state index in [1.165, 1.54) is 19.1 Å². The van der Waals surface area contributed by atoms with E-state index in [9.17, 15) is 9.18 Å². The van der Waals surface area contributed by atoms with Crippen molar-refractivity contribution in [3.8, 4) is 5.75 Å². The zero-order chi connectivity index (χ0) is 13.0. The Bertz CT molecular complexity index is 425. The predicted octanol–water partition coefficient (Wildman–Crippen LogP) is 2.98. The minimum Gasteiger partial charge on any atom is -0.488 e. The van der Waals surface area contributed by atoms with Crippen LogP contribution >= 0.6 is 0 Å². The zero-order valence-corrected chi connectivity index (χ0v) is 10.4. The SMILES string of the molecule is CC(=O)c1ccc(OC[C@H]2CCCCO2)c(F)c1. The van der Waals surface area contributed by atoms with Gasteiger partial charge >= 0.3 is 0 Å². The first kappa shape index (κ1) is 13.0. The molecular weight excluding hydrogens is 235 g/mol. The second kappa shape index (κ2) is 5.96. The maximum Gasteiger partial charge on any atom is 0.165 e. The second-order valence-electron chi connectivity index (χ2n) is 4.50. The van der Waals surface area contributed by atoms with Crippen LogP contribution in [0.3, 0.4) is 0 Å². The molecule has 0 radical (unpaired) electrons. The average molecular weight is 252 g/mol. The minimum absolute atomic E-state index is 0.0469. The predicted molar refractivity (Wildman–Crippen MR) is 65.5 cm³/mol. The van der Waals surface area contributed by atoms with E-state index in [-0.39, 0.29) is 17.6 Å². The van der Waals surface area contributed by atoms with Crippen molar-refractivity contribution in [2.24, 2.45) is 0 Å². The third-order valence-corrected chi connectivity index (χ3v) is 3.04. The molecule has 1 heterocycles. The molecule has 0 bridgehead atoms. The summed E-state index contributed by atoms with van der Waals surface area (Å²) in [5.74, 6) is -0.483. The average Bonchev–Trinajstić information content (AvgIpc) is 2.38. The van der Waals surface area contributed by atoms with E-state index in [0.29, 0.717) is 12.2 Å². The van der Waals surface area contributed by atoms with Gasteiger partial charge in [0.25, 0.3) is 0 Å². The lowest BCUT2D eigenvalue weighted by Gasteiger charge is -2.22. The van der Waals surface area contributed by atoms with Gasteiger partial charge in [0.15, 0.2) is 17.3 Å². The van der Waals surface area contributed by atoms with E-state index in [1.807, 2.05) is 0 Å². The molecule has 98 valence electrons. The summed E-state index contributed by atoms with van der Waals surface area (Å²) >= 11 is 0. The van der Waals surface area contributed by atoms with Gasteiger partial charge in [-0.15, -0.1) is 0 Å². The molecule has 2 rings (SSSR count). The van der Waals surface area contributed by atoms with Crippen LogP contribution in [-0.4, -0.2) is 25.1 Å². The number of halogens is 1. The summed E-state index contributed by atoms with van der Waals surface area (Å²) in [6.45, 7) is 2.52. The molecule has 0 spiro atoms. The van der Waals surface area contributed by atoms with Crippen molar-refractivity contribution in [1.29, 1.82) is 0 Å². The van der Waals surface area contributed by atoms with Gasteiger partial charge in [0.05, 0.1) is 6.10 Å². The van der Waals surface area contributed by atoms with Gasteiger partial charge in [-0.3, -0.25) is 4.79 Å². The van der Waals surface area contributed by atoms with E-state index in [1.54, 1.807) is 6.07 Å². The summed E-state index contributed by atoms with van der Waals surface area (Å²) < 4.78 is 24.5. The lowest BCUT2D eigenvalue weighted by molar-refractivity contribution is -0.0117. The maximum absolute atomic E-state index is 13.6. The highest BCUT2D eigenvalue weighted by Gasteiger charge is 2.15. The number of ether oxygens (including phenoxy) is 2. The normalized spacial score (nSPS) is 19.6. The van der Waals surface area contributed by atoms with Crippen LogP contribution in [0.1, 0.15) is 36.5 Å². The smallest absolute Gasteiger partial charge is 0.165 e. The van der Waals surface area contributed by atoms with E-state index < -0.39 is 5.82 Å².